The van der Waals surface area contributed by atoms with Gasteiger partial charge in [0.15, 0.2) is 0 Å². The van der Waals surface area contributed by atoms with Crippen LogP contribution in [0.4, 0.5) is 5.69 Å². The minimum atomic E-state index is -3.49. The van der Waals surface area contributed by atoms with Gasteiger partial charge in [0.25, 0.3) is 0 Å². The van der Waals surface area contributed by atoms with E-state index in [2.05, 4.69) is 16.0 Å². The van der Waals surface area contributed by atoms with E-state index in [1.54, 1.807) is 0 Å². The van der Waals surface area contributed by atoms with E-state index in [4.69, 9.17) is 0 Å². The van der Waals surface area contributed by atoms with Crippen molar-refractivity contribution in [1.29, 1.82) is 0 Å². The predicted octanol–water partition coefficient (Wildman–Crippen LogP) is 3.98. The zero-order chi connectivity index (χ0) is 26.7. The molecule has 5 atom stereocenters. The summed E-state index contributed by atoms with van der Waals surface area (Å²) in [5.41, 5.74) is 0.820. The minimum absolute atomic E-state index is 0.0180. The number of amides is 2. The van der Waals surface area contributed by atoms with Crippen molar-refractivity contribution in [2.24, 2.45) is 17.8 Å². The van der Waals surface area contributed by atoms with Crippen molar-refractivity contribution in [3.8, 4) is 0 Å². The Labute approximate surface area is 216 Å². The van der Waals surface area contributed by atoms with Gasteiger partial charge in [0.1, 0.15) is 12.1 Å². The molecule has 1 aliphatic rings. The largest absolute Gasteiger partial charge is 0.391 e. The van der Waals surface area contributed by atoms with Gasteiger partial charge in [-0.1, -0.05) is 71.6 Å². The third kappa shape index (κ3) is 10.2. The minimum Gasteiger partial charge on any atom is -0.391 e. The van der Waals surface area contributed by atoms with Gasteiger partial charge in [-0.25, -0.2) is 0 Å². The molecule has 9 heteroatoms. The third-order valence-electron chi connectivity index (χ3n) is 7.11. The van der Waals surface area contributed by atoms with Crippen LogP contribution in [0.5, 0.6) is 0 Å². The van der Waals surface area contributed by atoms with E-state index in [1.165, 1.54) is 6.42 Å². The summed E-state index contributed by atoms with van der Waals surface area (Å²) >= 11 is 0. The lowest BCUT2D eigenvalue weighted by Gasteiger charge is -2.29. The standard InChI is InChI=1S/C27H46N3O5P/c1-5-20(4)25(30-27(33)24(19(2)3)29-22-14-10-7-11-15-22)26(32)28-16-23(31)18-36(34,35)17-21-12-8-6-9-13-21/h7,10-11,14-15,19-21,23-25,29,31H,5-6,8-9,12-13,16-18H2,1-4H3,(H,28,32)(H,30,33)(H,34,35)/t20?,23-,24-,25?/m0/s1. The number of hydrogen-bond donors (Lipinski definition) is 5. The van der Waals surface area contributed by atoms with Crippen molar-refractivity contribution in [2.75, 3.05) is 24.2 Å². The highest BCUT2D eigenvalue weighted by atomic mass is 31.2. The number of anilines is 1. The molecule has 36 heavy (non-hydrogen) atoms. The summed E-state index contributed by atoms with van der Waals surface area (Å²) in [5, 5.41) is 19.2. The Morgan fingerprint density at radius 3 is 2.25 bits per heavy atom. The summed E-state index contributed by atoms with van der Waals surface area (Å²) in [4.78, 5) is 36.6. The number of rotatable bonds is 14. The Balaban J connectivity index is 1.94. The van der Waals surface area contributed by atoms with Crippen LogP contribution in [0.1, 0.15) is 66.2 Å². The maximum atomic E-state index is 13.2. The number of carbonyl (C=O) groups excluding carboxylic acids is 2. The Morgan fingerprint density at radius 2 is 1.67 bits per heavy atom. The lowest BCUT2D eigenvalue weighted by molar-refractivity contribution is -0.131. The van der Waals surface area contributed by atoms with Gasteiger partial charge < -0.3 is 26.0 Å². The van der Waals surface area contributed by atoms with Gasteiger partial charge in [0.2, 0.25) is 19.2 Å². The maximum absolute atomic E-state index is 13.2. The second-order valence-corrected chi connectivity index (χ2v) is 13.1. The van der Waals surface area contributed by atoms with E-state index in [9.17, 15) is 24.2 Å². The highest BCUT2D eigenvalue weighted by Gasteiger charge is 2.32. The van der Waals surface area contributed by atoms with Crippen LogP contribution in [0.25, 0.3) is 0 Å². The summed E-state index contributed by atoms with van der Waals surface area (Å²) in [5.74, 6) is -0.595. The molecule has 3 unspecified atom stereocenters. The highest BCUT2D eigenvalue weighted by Crippen LogP contribution is 2.45. The van der Waals surface area contributed by atoms with E-state index < -0.39 is 31.5 Å². The average molecular weight is 524 g/mol. The number of para-hydroxylation sites is 1. The van der Waals surface area contributed by atoms with Crippen LogP contribution >= 0.6 is 7.37 Å². The zero-order valence-corrected chi connectivity index (χ0v) is 23.2. The lowest BCUT2D eigenvalue weighted by Crippen LogP contribution is -2.55. The second kappa shape index (κ2) is 14.7. The molecular weight excluding hydrogens is 477 g/mol. The molecule has 0 aliphatic heterocycles. The van der Waals surface area contributed by atoms with Crippen molar-refractivity contribution in [1.82, 2.24) is 10.6 Å². The fourth-order valence-corrected chi connectivity index (χ4v) is 6.87. The molecule has 8 nitrogen and oxygen atoms in total. The first kappa shape index (κ1) is 30.3. The molecule has 1 aliphatic carbocycles. The van der Waals surface area contributed by atoms with Gasteiger partial charge >= 0.3 is 0 Å². The van der Waals surface area contributed by atoms with Crippen LogP contribution < -0.4 is 16.0 Å². The number of hydrogen-bond acceptors (Lipinski definition) is 5. The van der Waals surface area contributed by atoms with Crippen molar-refractivity contribution >= 4 is 24.9 Å². The van der Waals surface area contributed by atoms with Crippen LogP contribution in [0.3, 0.4) is 0 Å². The normalized spacial score (nSPS) is 19.5. The molecule has 0 heterocycles. The number of aliphatic hydroxyl groups is 1. The molecule has 5 N–H and O–H groups in total. The number of nitrogens with one attached hydrogen (secondary N) is 3. The average Bonchev–Trinajstić information content (AvgIpc) is 2.84. The monoisotopic (exact) mass is 523 g/mol. The smallest absolute Gasteiger partial charge is 0.243 e. The van der Waals surface area contributed by atoms with E-state index in [0.717, 1.165) is 31.4 Å². The first-order chi connectivity index (χ1) is 17.0. The number of carbonyl (C=O) groups is 2. The summed E-state index contributed by atoms with van der Waals surface area (Å²) in [7, 11) is -3.49. The molecule has 0 radical (unpaired) electrons. The molecule has 1 saturated carbocycles. The molecule has 0 bridgehead atoms. The first-order valence-corrected chi connectivity index (χ1v) is 15.4. The maximum Gasteiger partial charge on any atom is 0.243 e. The van der Waals surface area contributed by atoms with Crippen molar-refractivity contribution < 1.29 is 24.2 Å². The quantitative estimate of drug-likeness (QED) is 0.235. The molecule has 1 fully saturated rings. The Kier molecular flexibility index (Phi) is 12.4. The first-order valence-electron chi connectivity index (χ1n) is 13.4. The fraction of sp³-hybridized carbons (Fsp3) is 0.704. The zero-order valence-electron chi connectivity index (χ0n) is 22.3. The molecule has 0 aromatic heterocycles. The lowest BCUT2D eigenvalue weighted by atomic mass is 9.91. The topological polar surface area (TPSA) is 128 Å². The Hall–Kier alpha value is -1.89. The van der Waals surface area contributed by atoms with E-state index in [-0.39, 0.29) is 42.5 Å². The Morgan fingerprint density at radius 1 is 1.03 bits per heavy atom. The van der Waals surface area contributed by atoms with Gasteiger partial charge in [0, 0.05) is 18.4 Å². The molecule has 1 aromatic rings. The van der Waals surface area contributed by atoms with Crippen LogP contribution in [-0.2, 0) is 14.2 Å². The van der Waals surface area contributed by atoms with Crippen LogP contribution in [0.15, 0.2) is 30.3 Å². The van der Waals surface area contributed by atoms with Crippen LogP contribution in [-0.4, -0.2) is 58.9 Å². The highest BCUT2D eigenvalue weighted by molar-refractivity contribution is 7.58. The summed E-state index contributed by atoms with van der Waals surface area (Å²) in [6.07, 6.45) is 4.82. The number of benzene rings is 1. The summed E-state index contributed by atoms with van der Waals surface area (Å²) in [6.45, 7) is 7.58. The predicted molar refractivity (Wildman–Crippen MR) is 145 cm³/mol. The molecule has 0 spiro atoms. The van der Waals surface area contributed by atoms with E-state index in [1.807, 2.05) is 58.0 Å². The summed E-state index contributed by atoms with van der Waals surface area (Å²) in [6, 6.07) is 8.14. The van der Waals surface area contributed by atoms with Gasteiger partial charge in [-0.15, -0.1) is 0 Å². The number of aliphatic hydroxyl groups excluding tert-OH is 1. The molecular formula is C27H46N3O5P. The van der Waals surface area contributed by atoms with Gasteiger partial charge in [-0.2, -0.15) is 0 Å². The van der Waals surface area contributed by atoms with Gasteiger partial charge in [-0.3, -0.25) is 14.2 Å². The molecule has 2 rings (SSSR count). The molecule has 204 valence electrons. The fourth-order valence-electron chi connectivity index (χ4n) is 4.76. The van der Waals surface area contributed by atoms with Gasteiger partial charge in [-0.05, 0) is 42.7 Å². The van der Waals surface area contributed by atoms with Gasteiger partial charge in [0.05, 0.1) is 12.3 Å². The van der Waals surface area contributed by atoms with Crippen molar-refractivity contribution in [3.05, 3.63) is 30.3 Å². The van der Waals surface area contributed by atoms with Crippen molar-refractivity contribution in [2.45, 2.75) is 84.4 Å². The SMILES string of the molecule is CCC(C)C(NC(=O)[C@@H](Nc1ccccc1)C(C)C)C(=O)NC[C@H](O)CP(=O)(O)CC1CCCCC1. The summed E-state index contributed by atoms with van der Waals surface area (Å²) < 4.78 is 12.7. The van der Waals surface area contributed by atoms with Crippen LogP contribution in [0, 0.1) is 17.8 Å². The molecule has 2 amide bonds. The van der Waals surface area contributed by atoms with E-state index in [0.29, 0.717) is 6.42 Å². The second-order valence-electron chi connectivity index (χ2n) is 10.7. The van der Waals surface area contributed by atoms with E-state index >= 15 is 0 Å². The molecule has 0 saturated heterocycles. The van der Waals surface area contributed by atoms with Crippen molar-refractivity contribution in [3.63, 3.8) is 0 Å². The molecule has 1 aromatic carbocycles. The Bertz CT molecular complexity index is 860. The third-order valence-corrected chi connectivity index (χ3v) is 9.19. The van der Waals surface area contributed by atoms with Crippen LogP contribution in [0.2, 0.25) is 0 Å².